The van der Waals surface area contributed by atoms with Gasteiger partial charge in [-0.25, -0.2) is 4.79 Å². The number of hydrogen-bond acceptors (Lipinski definition) is 6. The van der Waals surface area contributed by atoms with E-state index in [0.29, 0.717) is 65.8 Å². The van der Waals surface area contributed by atoms with Crippen LogP contribution >= 0.6 is 11.6 Å². The SMILES string of the molecule is CCCOC(=O)C1=C(C)NC2=C(C(=O)CC(c3ccc(Cl)cc3)C2)C1c1ccc(OCc2ccccc2)c(OC)c1. The molecule has 6 nitrogen and oxygen atoms in total. The Bertz CT molecular complexity index is 1490. The predicted octanol–water partition coefficient (Wildman–Crippen LogP) is 7.24. The minimum Gasteiger partial charge on any atom is -0.493 e. The van der Waals surface area contributed by atoms with E-state index in [1.165, 1.54) is 0 Å². The lowest BCUT2D eigenvalue weighted by Crippen LogP contribution is -2.36. The maximum Gasteiger partial charge on any atom is 0.336 e. The molecule has 7 heteroatoms. The Kier molecular flexibility index (Phi) is 8.79. The normalized spacial score (nSPS) is 18.5. The molecule has 0 amide bonds. The first-order chi connectivity index (χ1) is 19.9. The number of allylic oxidation sites excluding steroid dienone is 3. The predicted molar refractivity (Wildman–Crippen MR) is 159 cm³/mol. The van der Waals surface area contributed by atoms with E-state index >= 15 is 0 Å². The fourth-order valence-corrected chi connectivity index (χ4v) is 5.73. The van der Waals surface area contributed by atoms with Crippen molar-refractivity contribution in [3.05, 3.63) is 117 Å². The summed E-state index contributed by atoms with van der Waals surface area (Å²) in [5, 5.41) is 4.06. The van der Waals surface area contributed by atoms with Crippen molar-refractivity contribution in [2.45, 2.75) is 51.6 Å². The fourth-order valence-electron chi connectivity index (χ4n) is 5.60. The third-order valence-corrected chi connectivity index (χ3v) is 7.84. The van der Waals surface area contributed by atoms with Gasteiger partial charge in [-0.3, -0.25) is 4.79 Å². The van der Waals surface area contributed by atoms with E-state index < -0.39 is 11.9 Å². The zero-order chi connectivity index (χ0) is 28.9. The summed E-state index contributed by atoms with van der Waals surface area (Å²) in [5.41, 5.74) is 5.42. The highest BCUT2D eigenvalue weighted by molar-refractivity contribution is 6.30. The van der Waals surface area contributed by atoms with E-state index in [1.54, 1.807) is 7.11 Å². The van der Waals surface area contributed by atoms with Gasteiger partial charge in [0.1, 0.15) is 6.61 Å². The van der Waals surface area contributed by atoms with E-state index in [1.807, 2.05) is 86.6 Å². The number of rotatable bonds is 9. The number of halogens is 1. The zero-order valence-electron chi connectivity index (χ0n) is 23.5. The topological polar surface area (TPSA) is 73.9 Å². The Morgan fingerprint density at radius 1 is 0.976 bits per heavy atom. The highest BCUT2D eigenvalue weighted by atomic mass is 35.5. The highest BCUT2D eigenvalue weighted by Crippen LogP contribution is 2.47. The van der Waals surface area contributed by atoms with Crippen molar-refractivity contribution in [3.63, 3.8) is 0 Å². The maximum absolute atomic E-state index is 13.9. The van der Waals surface area contributed by atoms with Gasteiger partial charge in [0, 0.05) is 34.3 Å². The third kappa shape index (κ3) is 6.18. The van der Waals surface area contributed by atoms with Crippen molar-refractivity contribution in [2.24, 2.45) is 0 Å². The molecule has 0 saturated carbocycles. The molecule has 1 aliphatic carbocycles. The first-order valence-corrected chi connectivity index (χ1v) is 14.3. The molecule has 3 aromatic carbocycles. The smallest absolute Gasteiger partial charge is 0.336 e. The summed E-state index contributed by atoms with van der Waals surface area (Å²) in [4.78, 5) is 27.3. The molecule has 0 fully saturated rings. The molecule has 1 aliphatic heterocycles. The Hall–Kier alpha value is -4.03. The van der Waals surface area contributed by atoms with E-state index in [0.717, 1.165) is 22.4 Å². The van der Waals surface area contributed by atoms with Crippen molar-refractivity contribution in [3.8, 4) is 11.5 Å². The van der Waals surface area contributed by atoms with Crippen LogP contribution in [-0.4, -0.2) is 25.5 Å². The minimum atomic E-state index is -0.591. The van der Waals surface area contributed by atoms with Crippen molar-refractivity contribution in [1.29, 1.82) is 0 Å². The third-order valence-electron chi connectivity index (χ3n) is 7.58. The molecule has 212 valence electrons. The van der Waals surface area contributed by atoms with Crippen molar-refractivity contribution in [2.75, 3.05) is 13.7 Å². The van der Waals surface area contributed by atoms with Crippen molar-refractivity contribution < 1.29 is 23.8 Å². The summed E-state index contributed by atoms with van der Waals surface area (Å²) in [6.07, 6.45) is 1.68. The van der Waals surface area contributed by atoms with Crippen LogP contribution in [0, 0.1) is 0 Å². The standard InChI is InChI=1S/C34H34ClNO5/c1-4-16-40-34(38)31-21(2)36-27-17-25(23-10-13-26(35)14-11-23)18-28(37)33(27)32(31)24-12-15-29(30(19-24)39-3)41-20-22-8-6-5-7-9-22/h5-15,19,25,32,36H,4,16-18,20H2,1-3H3. The molecule has 5 rings (SSSR count). The second-order valence-electron chi connectivity index (χ2n) is 10.4. The molecule has 2 aliphatic rings. The van der Waals surface area contributed by atoms with Crippen LogP contribution in [0.2, 0.25) is 5.02 Å². The largest absolute Gasteiger partial charge is 0.493 e. The number of esters is 1. The average Bonchev–Trinajstić information content (AvgIpc) is 2.98. The van der Waals surface area contributed by atoms with Crippen LogP contribution in [0.5, 0.6) is 11.5 Å². The Labute approximate surface area is 246 Å². The fraction of sp³-hybridized carbons (Fsp3) is 0.294. The average molecular weight is 572 g/mol. The lowest BCUT2D eigenvalue weighted by molar-refractivity contribution is -0.139. The summed E-state index contributed by atoms with van der Waals surface area (Å²) >= 11 is 6.11. The van der Waals surface area contributed by atoms with Gasteiger partial charge >= 0.3 is 5.97 Å². The number of methoxy groups -OCH3 is 1. The Morgan fingerprint density at radius 3 is 2.41 bits per heavy atom. The second-order valence-corrected chi connectivity index (χ2v) is 10.8. The van der Waals surface area contributed by atoms with Gasteiger partial charge in [0.25, 0.3) is 0 Å². The molecular formula is C34H34ClNO5. The number of benzene rings is 3. The molecule has 1 heterocycles. The van der Waals surface area contributed by atoms with Gasteiger partial charge in [0.2, 0.25) is 0 Å². The molecule has 3 aromatic rings. The van der Waals surface area contributed by atoms with Crippen LogP contribution in [0.3, 0.4) is 0 Å². The Morgan fingerprint density at radius 2 is 1.71 bits per heavy atom. The van der Waals surface area contributed by atoms with E-state index in [2.05, 4.69) is 5.32 Å². The van der Waals surface area contributed by atoms with Gasteiger partial charge in [-0.1, -0.05) is 67.1 Å². The van der Waals surface area contributed by atoms with Crippen LogP contribution in [0.25, 0.3) is 0 Å². The van der Waals surface area contributed by atoms with Crippen molar-refractivity contribution >= 4 is 23.4 Å². The van der Waals surface area contributed by atoms with Gasteiger partial charge in [-0.2, -0.15) is 0 Å². The van der Waals surface area contributed by atoms with E-state index in [9.17, 15) is 9.59 Å². The Balaban J connectivity index is 1.52. The molecule has 0 aromatic heterocycles. The molecule has 2 atom stereocenters. The number of nitrogens with one attached hydrogen (secondary N) is 1. The zero-order valence-corrected chi connectivity index (χ0v) is 24.3. The summed E-state index contributed by atoms with van der Waals surface area (Å²) in [5.74, 6) is 0.102. The highest BCUT2D eigenvalue weighted by Gasteiger charge is 2.41. The lowest BCUT2D eigenvalue weighted by Gasteiger charge is -2.37. The van der Waals surface area contributed by atoms with Gasteiger partial charge in [0.15, 0.2) is 17.3 Å². The summed E-state index contributed by atoms with van der Waals surface area (Å²) in [6.45, 7) is 4.50. The molecule has 2 unspecified atom stereocenters. The minimum absolute atomic E-state index is 0.000336. The number of Topliss-reactive ketones (excluding diaryl/α,β-unsaturated/α-hetero) is 1. The molecule has 0 bridgehead atoms. The number of dihydropyridines is 1. The number of carbonyl (C=O) groups is 2. The molecule has 1 N–H and O–H groups in total. The van der Waals surface area contributed by atoms with Crippen molar-refractivity contribution in [1.82, 2.24) is 5.32 Å². The van der Waals surface area contributed by atoms with Crippen LogP contribution in [0.1, 0.15) is 61.6 Å². The first-order valence-electron chi connectivity index (χ1n) is 13.9. The lowest BCUT2D eigenvalue weighted by atomic mass is 9.71. The molecule has 0 spiro atoms. The molecule has 0 radical (unpaired) electrons. The van der Waals surface area contributed by atoms with Crippen LogP contribution in [-0.2, 0) is 20.9 Å². The quantitative estimate of drug-likeness (QED) is 0.273. The first kappa shape index (κ1) is 28.5. The number of hydrogen-bond donors (Lipinski definition) is 1. The van der Waals surface area contributed by atoms with Crippen LogP contribution < -0.4 is 14.8 Å². The van der Waals surface area contributed by atoms with Gasteiger partial charge in [-0.15, -0.1) is 0 Å². The second kappa shape index (κ2) is 12.6. The molecular weight excluding hydrogens is 538 g/mol. The monoisotopic (exact) mass is 571 g/mol. The number of ketones is 1. The van der Waals surface area contributed by atoms with Gasteiger partial charge < -0.3 is 19.5 Å². The van der Waals surface area contributed by atoms with Crippen LogP contribution in [0.15, 0.2) is 95.3 Å². The number of carbonyl (C=O) groups excluding carboxylic acids is 2. The van der Waals surface area contributed by atoms with Crippen LogP contribution in [0.4, 0.5) is 0 Å². The maximum atomic E-state index is 13.9. The molecule has 0 saturated heterocycles. The van der Waals surface area contributed by atoms with Gasteiger partial charge in [-0.05, 0) is 66.6 Å². The van der Waals surface area contributed by atoms with E-state index in [-0.39, 0.29) is 11.7 Å². The number of ether oxygens (including phenoxy) is 3. The van der Waals surface area contributed by atoms with Gasteiger partial charge in [0.05, 0.1) is 19.3 Å². The summed E-state index contributed by atoms with van der Waals surface area (Å²) in [6, 6.07) is 23.1. The summed E-state index contributed by atoms with van der Waals surface area (Å²) < 4.78 is 17.4. The molecule has 41 heavy (non-hydrogen) atoms. The van der Waals surface area contributed by atoms with E-state index in [4.69, 9.17) is 25.8 Å². The summed E-state index contributed by atoms with van der Waals surface area (Å²) in [7, 11) is 1.58.